The molecule has 0 amide bonds. The van der Waals surface area contributed by atoms with Crippen LogP contribution in [0.25, 0.3) is 0 Å². The van der Waals surface area contributed by atoms with Crippen LogP contribution in [-0.2, 0) is 6.54 Å². The summed E-state index contributed by atoms with van der Waals surface area (Å²) in [6, 6.07) is 4.61. The van der Waals surface area contributed by atoms with Crippen molar-refractivity contribution >= 4 is 5.78 Å². The van der Waals surface area contributed by atoms with Crippen molar-refractivity contribution in [2.75, 3.05) is 0 Å². The summed E-state index contributed by atoms with van der Waals surface area (Å²) in [7, 11) is 0. The van der Waals surface area contributed by atoms with Crippen molar-refractivity contribution in [2.24, 2.45) is 0 Å². The summed E-state index contributed by atoms with van der Waals surface area (Å²) in [4.78, 5) is 12.1. The van der Waals surface area contributed by atoms with Gasteiger partial charge in [-0.15, -0.1) is 0 Å². The summed E-state index contributed by atoms with van der Waals surface area (Å²) in [6.07, 6.45) is 4.08. The summed E-state index contributed by atoms with van der Waals surface area (Å²) >= 11 is 0. The molecule has 0 unspecified atom stereocenters. The molecule has 2 rings (SSSR count). The van der Waals surface area contributed by atoms with Crippen LogP contribution >= 0.6 is 0 Å². The molecule has 0 spiro atoms. The van der Waals surface area contributed by atoms with Crippen LogP contribution < -0.4 is 0 Å². The lowest BCUT2D eigenvalue weighted by atomic mass is 10.0. The summed E-state index contributed by atoms with van der Waals surface area (Å²) in [5, 5.41) is 4.07. The van der Waals surface area contributed by atoms with Crippen LogP contribution in [0.15, 0.2) is 30.6 Å². The van der Waals surface area contributed by atoms with Gasteiger partial charge in [0.25, 0.3) is 0 Å². The summed E-state index contributed by atoms with van der Waals surface area (Å²) in [5.74, 6) is -0.807. The zero-order valence-corrected chi connectivity index (χ0v) is 10.5. The van der Waals surface area contributed by atoms with Gasteiger partial charge >= 0.3 is 0 Å². The lowest BCUT2D eigenvalue weighted by molar-refractivity contribution is 0.103. The third-order valence-electron chi connectivity index (χ3n) is 2.72. The minimum Gasteiger partial charge on any atom is -0.288 e. The topological polar surface area (TPSA) is 34.9 Å². The van der Waals surface area contributed by atoms with Gasteiger partial charge in [-0.1, -0.05) is 13.0 Å². The third-order valence-corrected chi connectivity index (χ3v) is 2.72. The molecule has 0 radical (unpaired) electrons. The molecule has 0 saturated carbocycles. The predicted molar refractivity (Wildman–Crippen MR) is 67.1 cm³/mol. The molecule has 18 heavy (non-hydrogen) atoms. The Balaban J connectivity index is 2.29. The maximum absolute atomic E-state index is 13.7. The van der Waals surface area contributed by atoms with Gasteiger partial charge in [-0.2, -0.15) is 5.10 Å². The number of carbonyl (C=O) groups is 1. The van der Waals surface area contributed by atoms with E-state index in [-0.39, 0.29) is 11.3 Å². The normalized spacial score (nSPS) is 10.6. The molecule has 1 heterocycles. The van der Waals surface area contributed by atoms with Crippen molar-refractivity contribution in [2.45, 2.75) is 26.8 Å². The van der Waals surface area contributed by atoms with E-state index in [0.29, 0.717) is 5.56 Å². The molecule has 0 bridgehead atoms. The zero-order valence-electron chi connectivity index (χ0n) is 10.5. The minimum atomic E-state index is -0.483. The highest BCUT2D eigenvalue weighted by Crippen LogP contribution is 2.14. The highest BCUT2D eigenvalue weighted by Gasteiger charge is 2.15. The van der Waals surface area contributed by atoms with E-state index >= 15 is 0 Å². The molecule has 2 aromatic rings. The number of hydrogen-bond donors (Lipinski definition) is 0. The average molecular weight is 246 g/mol. The van der Waals surface area contributed by atoms with E-state index in [1.54, 1.807) is 23.9 Å². The van der Waals surface area contributed by atoms with E-state index in [2.05, 4.69) is 5.10 Å². The number of carbonyl (C=O) groups excluding carboxylic acids is 1. The van der Waals surface area contributed by atoms with E-state index in [0.717, 1.165) is 18.5 Å². The van der Waals surface area contributed by atoms with Crippen LogP contribution in [0.5, 0.6) is 0 Å². The SMILES string of the molecule is CCCn1cc(C(=O)c2ccc(C)cc2F)cn1. The summed E-state index contributed by atoms with van der Waals surface area (Å²) < 4.78 is 15.4. The monoisotopic (exact) mass is 246 g/mol. The third kappa shape index (κ3) is 2.47. The van der Waals surface area contributed by atoms with Gasteiger partial charge in [0.2, 0.25) is 0 Å². The number of benzene rings is 1. The number of nitrogens with zero attached hydrogens (tertiary/aromatic N) is 2. The highest BCUT2D eigenvalue weighted by atomic mass is 19.1. The molecule has 1 aromatic carbocycles. The minimum absolute atomic E-state index is 0.0941. The maximum Gasteiger partial charge on any atom is 0.199 e. The van der Waals surface area contributed by atoms with Gasteiger partial charge < -0.3 is 0 Å². The number of aryl methyl sites for hydroxylation is 2. The number of rotatable bonds is 4. The molecular weight excluding hydrogens is 231 g/mol. The second-order valence-electron chi connectivity index (χ2n) is 4.30. The Morgan fingerprint density at radius 1 is 1.44 bits per heavy atom. The van der Waals surface area contributed by atoms with E-state index in [4.69, 9.17) is 0 Å². The fourth-order valence-corrected chi connectivity index (χ4v) is 1.79. The van der Waals surface area contributed by atoms with Crippen LogP contribution in [0, 0.1) is 12.7 Å². The molecule has 3 nitrogen and oxygen atoms in total. The number of halogens is 1. The Hall–Kier alpha value is -1.97. The number of hydrogen-bond acceptors (Lipinski definition) is 2. The lowest BCUT2D eigenvalue weighted by Gasteiger charge is -2.01. The Morgan fingerprint density at radius 3 is 2.89 bits per heavy atom. The maximum atomic E-state index is 13.7. The predicted octanol–water partition coefficient (Wildman–Crippen LogP) is 2.97. The van der Waals surface area contributed by atoms with Gasteiger partial charge in [0.15, 0.2) is 5.78 Å². The van der Waals surface area contributed by atoms with Gasteiger partial charge in [0.05, 0.1) is 17.3 Å². The first-order valence-corrected chi connectivity index (χ1v) is 5.95. The van der Waals surface area contributed by atoms with Crippen molar-refractivity contribution in [3.8, 4) is 0 Å². The number of ketones is 1. The van der Waals surface area contributed by atoms with Gasteiger partial charge in [-0.05, 0) is 31.0 Å². The molecule has 94 valence electrons. The molecule has 0 N–H and O–H groups in total. The van der Waals surface area contributed by atoms with Crippen LogP contribution in [0.3, 0.4) is 0 Å². The fraction of sp³-hybridized carbons (Fsp3) is 0.286. The molecule has 0 fully saturated rings. The first kappa shape index (κ1) is 12.5. The summed E-state index contributed by atoms with van der Waals surface area (Å²) in [6.45, 7) is 4.57. The van der Waals surface area contributed by atoms with Crippen molar-refractivity contribution in [3.63, 3.8) is 0 Å². The zero-order chi connectivity index (χ0) is 13.1. The van der Waals surface area contributed by atoms with E-state index in [1.807, 2.05) is 6.92 Å². The average Bonchev–Trinajstić information content (AvgIpc) is 2.77. The largest absolute Gasteiger partial charge is 0.288 e. The van der Waals surface area contributed by atoms with Gasteiger partial charge in [0, 0.05) is 12.7 Å². The lowest BCUT2D eigenvalue weighted by Crippen LogP contribution is -2.04. The van der Waals surface area contributed by atoms with Gasteiger partial charge in [0.1, 0.15) is 5.82 Å². The second-order valence-corrected chi connectivity index (χ2v) is 4.30. The summed E-state index contributed by atoms with van der Waals surface area (Å²) in [5.41, 5.74) is 1.31. The van der Waals surface area contributed by atoms with Crippen molar-refractivity contribution in [1.29, 1.82) is 0 Å². The molecule has 0 aliphatic carbocycles. The van der Waals surface area contributed by atoms with Crippen LogP contribution in [0.4, 0.5) is 4.39 Å². The smallest absolute Gasteiger partial charge is 0.199 e. The Kier molecular flexibility index (Phi) is 3.55. The molecule has 0 aliphatic rings. The van der Waals surface area contributed by atoms with Crippen molar-refractivity contribution < 1.29 is 9.18 Å². The Morgan fingerprint density at radius 2 is 2.22 bits per heavy atom. The molecule has 0 aliphatic heterocycles. The quantitative estimate of drug-likeness (QED) is 0.777. The van der Waals surface area contributed by atoms with Crippen LogP contribution in [0.1, 0.15) is 34.8 Å². The van der Waals surface area contributed by atoms with E-state index in [9.17, 15) is 9.18 Å². The first-order valence-electron chi connectivity index (χ1n) is 5.95. The van der Waals surface area contributed by atoms with Crippen molar-refractivity contribution in [3.05, 3.63) is 53.1 Å². The van der Waals surface area contributed by atoms with Gasteiger partial charge in [-0.3, -0.25) is 9.48 Å². The van der Waals surface area contributed by atoms with E-state index < -0.39 is 5.82 Å². The molecular formula is C14H15FN2O. The molecule has 1 aromatic heterocycles. The van der Waals surface area contributed by atoms with Crippen molar-refractivity contribution in [1.82, 2.24) is 9.78 Å². The van der Waals surface area contributed by atoms with Crippen LogP contribution in [0.2, 0.25) is 0 Å². The van der Waals surface area contributed by atoms with E-state index in [1.165, 1.54) is 18.3 Å². The van der Waals surface area contributed by atoms with Crippen LogP contribution in [-0.4, -0.2) is 15.6 Å². The number of aromatic nitrogens is 2. The first-order chi connectivity index (χ1) is 8.61. The molecule has 4 heteroatoms. The second kappa shape index (κ2) is 5.12. The van der Waals surface area contributed by atoms with Gasteiger partial charge in [-0.25, -0.2) is 4.39 Å². The Labute approximate surface area is 105 Å². The Bertz CT molecular complexity index is 575. The molecule has 0 saturated heterocycles. The standard InChI is InChI=1S/C14H15FN2O/c1-3-6-17-9-11(8-16-17)14(18)12-5-4-10(2)7-13(12)15/h4-5,7-9H,3,6H2,1-2H3. The fourth-order valence-electron chi connectivity index (χ4n) is 1.79. The molecule has 0 atom stereocenters. The highest BCUT2D eigenvalue weighted by molar-refractivity contribution is 6.08.